The van der Waals surface area contributed by atoms with Crippen molar-refractivity contribution in [3.05, 3.63) is 21.9 Å². The minimum absolute atomic E-state index is 0.105. The molecule has 1 aliphatic heterocycles. The smallest absolute Gasteiger partial charge is 0.106 e. The Labute approximate surface area is 108 Å². The summed E-state index contributed by atoms with van der Waals surface area (Å²) >= 11 is 1.68. The van der Waals surface area contributed by atoms with Crippen molar-refractivity contribution in [3.63, 3.8) is 0 Å². The van der Waals surface area contributed by atoms with Crippen LogP contribution in [0.3, 0.4) is 0 Å². The lowest BCUT2D eigenvalue weighted by atomic mass is 9.87. The predicted molar refractivity (Wildman–Crippen MR) is 73.5 cm³/mol. The molecule has 0 spiro atoms. The second kappa shape index (κ2) is 5.09. The van der Waals surface area contributed by atoms with Crippen molar-refractivity contribution in [3.8, 4) is 0 Å². The van der Waals surface area contributed by atoms with E-state index in [2.05, 4.69) is 37.1 Å². The van der Waals surface area contributed by atoms with E-state index in [9.17, 15) is 5.11 Å². The second-order valence-corrected chi connectivity index (χ2v) is 6.22. The molecule has 0 aromatic carbocycles. The van der Waals surface area contributed by atoms with Crippen LogP contribution in [0.4, 0.5) is 0 Å². The van der Waals surface area contributed by atoms with E-state index in [1.807, 2.05) is 0 Å². The van der Waals surface area contributed by atoms with E-state index in [1.165, 1.54) is 18.4 Å². The Morgan fingerprint density at radius 3 is 2.59 bits per heavy atom. The minimum atomic E-state index is -0.356. The largest absolute Gasteiger partial charge is 0.386 e. The number of aryl methyl sites for hydroxylation is 1. The Kier molecular flexibility index (Phi) is 3.91. The number of nitrogens with zero attached hydrogens (tertiary/aromatic N) is 1. The molecule has 1 aromatic heterocycles. The molecule has 96 valence electrons. The predicted octanol–water partition coefficient (Wildman–Crippen LogP) is 3.35. The van der Waals surface area contributed by atoms with E-state index in [4.69, 9.17) is 0 Å². The lowest BCUT2D eigenvalue weighted by molar-refractivity contribution is -0.0122. The Hall–Kier alpha value is -0.380. The highest BCUT2D eigenvalue weighted by molar-refractivity contribution is 7.10. The molecule has 0 radical (unpaired) electrons. The van der Waals surface area contributed by atoms with E-state index in [0.29, 0.717) is 0 Å². The molecule has 1 aliphatic rings. The van der Waals surface area contributed by atoms with Gasteiger partial charge in [0.25, 0.3) is 0 Å². The van der Waals surface area contributed by atoms with Crippen LogP contribution in [0, 0.1) is 6.92 Å². The second-order valence-electron chi connectivity index (χ2n) is 5.28. The third kappa shape index (κ3) is 2.28. The van der Waals surface area contributed by atoms with Crippen LogP contribution in [0.2, 0.25) is 0 Å². The lowest BCUT2D eigenvalue weighted by Gasteiger charge is -2.42. The van der Waals surface area contributed by atoms with Crippen molar-refractivity contribution < 1.29 is 5.11 Å². The maximum atomic E-state index is 10.7. The van der Waals surface area contributed by atoms with Gasteiger partial charge in [0.2, 0.25) is 0 Å². The zero-order valence-corrected chi connectivity index (χ0v) is 11.9. The van der Waals surface area contributed by atoms with Gasteiger partial charge in [-0.25, -0.2) is 0 Å². The minimum Gasteiger partial charge on any atom is -0.386 e. The van der Waals surface area contributed by atoms with Crippen LogP contribution in [-0.4, -0.2) is 28.6 Å². The third-order valence-electron chi connectivity index (χ3n) is 4.28. The van der Waals surface area contributed by atoms with Crippen molar-refractivity contribution in [2.24, 2.45) is 0 Å². The van der Waals surface area contributed by atoms with Gasteiger partial charge in [0.15, 0.2) is 0 Å². The number of aliphatic hydroxyl groups is 1. The molecule has 2 atom stereocenters. The molecule has 0 bridgehead atoms. The van der Waals surface area contributed by atoms with Gasteiger partial charge in [0.1, 0.15) is 6.10 Å². The quantitative estimate of drug-likeness (QED) is 0.889. The summed E-state index contributed by atoms with van der Waals surface area (Å²) in [5.74, 6) is 0. The summed E-state index contributed by atoms with van der Waals surface area (Å²) in [4.78, 5) is 3.61. The molecule has 2 rings (SSSR count). The van der Waals surface area contributed by atoms with E-state index in [1.54, 1.807) is 11.3 Å². The highest BCUT2D eigenvalue weighted by atomic mass is 32.1. The summed E-state index contributed by atoms with van der Waals surface area (Å²) in [6.45, 7) is 8.75. The van der Waals surface area contributed by atoms with Gasteiger partial charge in [0.05, 0.1) is 0 Å². The molecule has 1 N–H and O–H groups in total. The first-order valence-electron chi connectivity index (χ1n) is 6.56. The van der Waals surface area contributed by atoms with Gasteiger partial charge in [0, 0.05) is 10.4 Å². The van der Waals surface area contributed by atoms with Gasteiger partial charge in [-0.05, 0) is 63.2 Å². The normalized spacial score (nSPS) is 22.6. The van der Waals surface area contributed by atoms with Crippen LogP contribution in [0.1, 0.15) is 49.7 Å². The average Bonchev–Trinajstić information content (AvgIpc) is 2.97. The maximum Gasteiger partial charge on any atom is 0.106 e. The highest BCUT2D eigenvalue weighted by Gasteiger charge is 2.40. The van der Waals surface area contributed by atoms with Gasteiger partial charge >= 0.3 is 0 Å². The fourth-order valence-corrected chi connectivity index (χ4v) is 3.82. The Balaban J connectivity index is 2.25. The molecule has 1 aromatic rings. The Morgan fingerprint density at radius 2 is 2.12 bits per heavy atom. The van der Waals surface area contributed by atoms with Gasteiger partial charge < -0.3 is 5.11 Å². The topological polar surface area (TPSA) is 23.5 Å². The molecule has 2 unspecified atom stereocenters. The molecule has 0 saturated carbocycles. The number of aliphatic hydroxyl groups excluding tert-OH is 1. The first-order chi connectivity index (χ1) is 8.09. The van der Waals surface area contributed by atoms with E-state index in [0.717, 1.165) is 24.4 Å². The molecule has 0 aliphatic carbocycles. The molecular weight excluding hydrogens is 230 g/mol. The van der Waals surface area contributed by atoms with Crippen LogP contribution < -0.4 is 0 Å². The van der Waals surface area contributed by atoms with Crippen LogP contribution in [0.15, 0.2) is 11.4 Å². The first kappa shape index (κ1) is 13.1. The summed E-state index contributed by atoms with van der Waals surface area (Å²) < 4.78 is 0. The van der Waals surface area contributed by atoms with Crippen LogP contribution in [-0.2, 0) is 0 Å². The molecule has 0 amide bonds. The first-order valence-corrected chi connectivity index (χ1v) is 7.44. The zero-order chi connectivity index (χ0) is 12.5. The molecule has 2 nitrogen and oxygen atoms in total. The van der Waals surface area contributed by atoms with Gasteiger partial charge in [-0.15, -0.1) is 11.3 Å². The monoisotopic (exact) mass is 253 g/mol. The molecule has 1 fully saturated rings. The molecular formula is C14H23NOS. The van der Waals surface area contributed by atoms with E-state index >= 15 is 0 Å². The summed E-state index contributed by atoms with van der Waals surface area (Å²) in [5, 5.41) is 12.8. The van der Waals surface area contributed by atoms with Gasteiger partial charge in [-0.2, -0.15) is 0 Å². The summed E-state index contributed by atoms with van der Waals surface area (Å²) in [6, 6.07) is 2.10. The van der Waals surface area contributed by atoms with Crippen molar-refractivity contribution >= 4 is 11.3 Å². The van der Waals surface area contributed by atoms with Gasteiger partial charge in [-0.3, -0.25) is 4.90 Å². The maximum absolute atomic E-state index is 10.7. The van der Waals surface area contributed by atoms with Crippen LogP contribution in [0.25, 0.3) is 0 Å². The summed E-state index contributed by atoms with van der Waals surface area (Å²) in [5.41, 5.74) is 1.12. The molecule has 1 saturated heterocycles. The van der Waals surface area contributed by atoms with Crippen molar-refractivity contribution in [1.82, 2.24) is 4.90 Å². The number of rotatable bonds is 4. The summed E-state index contributed by atoms with van der Waals surface area (Å²) in [6.07, 6.45) is 3.17. The number of likely N-dealkylation sites (tertiary alicyclic amines) is 1. The summed E-state index contributed by atoms with van der Waals surface area (Å²) in [7, 11) is 0. The molecule has 3 heteroatoms. The average molecular weight is 253 g/mol. The van der Waals surface area contributed by atoms with Crippen molar-refractivity contribution in [1.29, 1.82) is 0 Å². The van der Waals surface area contributed by atoms with E-state index in [-0.39, 0.29) is 11.6 Å². The fraction of sp³-hybridized carbons (Fsp3) is 0.714. The number of hydrogen-bond donors (Lipinski definition) is 1. The SMILES string of the molecule is CCC(C)(C(O)c1sccc1C)N1CCCC1. The highest BCUT2D eigenvalue weighted by Crippen LogP contribution is 2.39. The zero-order valence-electron chi connectivity index (χ0n) is 11.1. The fourth-order valence-electron chi connectivity index (χ4n) is 2.76. The third-order valence-corrected chi connectivity index (χ3v) is 5.35. The molecule has 2 heterocycles. The van der Waals surface area contributed by atoms with Crippen molar-refractivity contribution in [2.75, 3.05) is 13.1 Å². The standard InChI is InChI=1S/C14H23NOS/c1-4-14(3,15-8-5-6-9-15)13(16)12-11(2)7-10-17-12/h7,10,13,16H,4-6,8-9H2,1-3H3. The van der Waals surface area contributed by atoms with Crippen molar-refractivity contribution in [2.45, 2.75) is 51.7 Å². The lowest BCUT2D eigenvalue weighted by Crippen LogP contribution is -2.48. The number of hydrogen-bond acceptors (Lipinski definition) is 3. The number of thiophene rings is 1. The van der Waals surface area contributed by atoms with Gasteiger partial charge in [-0.1, -0.05) is 6.92 Å². The Bertz CT molecular complexity index is 370. The molecule has 17 heavy (non-hydrogen) atoms. The van der Waals surface area contributed by atoms with Crippen LogP contribution >= 0.6 is 11.3 Å². The van der Waals surface area contributed by atoms with Crippen LogP contribution in [0.5, 0.6) is 0 Å². The van der Waals surface area contributed by atoms with E-state index < -0.39 is 0 Å². The Morgan fingerprint density at radius 1 is 1.47 bits per heavy atom.